The molecule has 2 aromatic rings. The fraction of sp³-hybridized carbons (Fsp3) is 0.350. The molecule has 2 N–H and O–H groups in total. The summed E-state index contributed by atoms with van der Waals surface area (Å²) in [5, 5.41) is 8.80. The molecule has 2 aromatic heterocycles. The molecule has 0 saturated carbocycles. The summed E-state index contributed by atoms with van der Waals surface area (Å²) >= 11 is 0. The zero-order valence-electron chi connectivity index (χ0n) is 16.2. The number of ketones is 1. The third kappa shape index (κ3) is 3.89. The number of hydrogen-bond acceptors (Lipinski definition) is 7. The Bertz CT molecular complexity index is 1050. The van der Waals surface area contributed by atoms with E-state index in [2.05, 4.69) is 15.0 Å². The number of ether oxygens (including phenoxy) is 1. The van der Waals surface area contributed by atoms with Crippen LogP contribution in [-0.4, -0.2) is 40.0 Å². The lowest BCUT2D eigenvalue weighted by atomic mass is 9.93. The number of nitrogens with two attached hydrogens (primary N) is 1. The largest absolute Gasteiger partial charge is 0.424 e. The Kier molecular flexibility index (Phi) is 5.34. The van der Waals surface area contributed by atoms with Gasteiger partial charge in [0.15, 0.2) is 5.78 Å². The Hall–Kier alpha value is -3.32. The number of nitriles is 1. The first kappa shape index (κ1) is 21.4. The van der Waals surface area contributed by atoms with Gasteiger partial charge in [0.1, 0.15) is 23.1 Å². The first-order chi connectivity index (χ1) is 14.0. The predicted molar refractivity (Wildman–Crippen MR) is 101 cm³/mol. The molecule has 2 atom stereocenters. The van der Waals surface area contributed by atoms with E-state index < -0.39 is 23.2 Å². The van der Waals surface area contributed by atoms with Crippen molar-refractivity contribution >= 4 is 11.6 Å². The molecular weight excluding hydrogens is 399 g/mol. The highest BCUT2D eigenvalue weighted by Crippen LogP contribution is 2.40. The average molecular weight is 417 g/mol. The Labute approximate surface area is 170 Å². The second-order valence-corrected chi connectivity index (χ2v) is 7.25. The second kappa shape index (κ2) is 7.50. The van der Waals surface area contributed by atoms with Gasteiger partial charge in [-0.15, -0.1) is 0 Å². The fourth-order valence-electron chi connectivity index (χ4n) is 2.88. The molecule has 0 fully saturated rings. The van der Waals surface area contributed by atoms with Gasteiger partial charge in [0.2, 0.25) is 5.60 Å². The summed E-state index contributed by atoms with van der Waals surface area (Å²) in [5.41, 5.74) is 2.95. The summed E-state index contributed by atoms with van der Waals surface area (Å²) in [5.74, 6) is -1.00. The smallest absolute Gasteiger partial charge is 0.385 e. The number of amidine groups is 1. The van der Waals surface area contributed by atoms with E-state index in [-0.39, 0.29) is 24.5 Å². The summed E-state index contributed by atoms with van der Waals surface area (Å²) in [6.45, 7) is 2.01. The number of Topliss-reactive ketones (excluding diaryl/α,β-unsaturated/α-hetero) is 1. The lowest BCUT2D eigenvalue weighted by Gasteiger charge is -2.40. The van der Waals surface area contributed by atoms with Gasteiger partial charge < -0.3 is 10.5 Å². The van der Waals surface area contributed by atoms with Crippen LogP contribution < -0.4 is 5.73 Å². The molecule has 3 heterocycles. The van der Waals surface area contributed by atoms with Gasteiger partial charge in [0, 0.05) is 11.9 Å². The molecule has 1 aliphatic heterocycles. The minimum atomic E-state index is -4.71. The number of carbonyl (C=O) groups excluding carboxylic acids is 1. The minimum absolute atomic E-state index is 0.0802. The van der Waals surface area contributed by atoms with Crippen molar-refractivity contribution in [2.45, 2.75) is 37.6 Å². The number of pyridine rings is 2. The van der Waals surface area contributed by atoms with Gasteiger partial charge in [-0.05, 0) is 38.1 Å². The number of aliphatic imine (C=N–C) groups is 1. The van der Waals surface area contributed by atoms with Crippen molar-refractivity contribution in [3.63, 3.8) is 0 Å². The van der Waals surface area contributed by atoms with Crippen molar-refractivity contribution in [1.82, 2.24) is 9.97 Å². The maximum atomic E-state index is 13.3. The SMILES string of the molecule is C[C@]1(c2cccc(CC(=O)c3ccc(C#N)cn3)n2)CO[C@@](C)(C(F)(F)F)C(N)=N1. The van der Waals surface area contributed by atoms with Crippen molar-refractivity contribution in [3.8, 4) is 6.07 Å². The topological polar surface area (TPSA) is 114 Å². The molecule has 30 heavy (non-hydrogen) atoms. The number of rotatable bonds is 4. The molecule has 156 valence electrons. The number of alkyl halides is 3. The summed E-state index contributed by atoms with van der Waals surface area (Å²) in [7, 11) is 0. The van der Waals surface area contributed by atoms with Crippen molar-refractivity contribution in [2.24, 2.45) is 10.7 Å². The van der Waals surface area contributed by atoms with Crippen molar-refractivity contribution < 1.29 is 22.7 Å². The van der Waals surface area contributed by atoms with Crippen LogP contribution in [0.25, 0.3) is 0 Å². The molecule has 0 unspecified atom stereocenters. The van der Waals surface area contributed by atoms with E-state index >= 15 is 0 Å². The van der Waals surface area contributed by atoms with Crippen LogP contribution in [0.1, 0.15) is 41.3 Å². The van der Waals surface area contributed by atoms with Crippen molar-refractivity contribution in [2.75, 3.05) is 6.61 Å². The quantitative estimate of drug-likeness (QED) is 0.765. The molecule has 0 spiro atoms. The number of aromatic nitrogens is 2. The Morgan fingerprint density at radius 1 is 1.30 bits per heavy atom. The zero-order valence-corrected chi connectivity index (χ0v) is 16.2. The van der Waals surface area contributed by atoms with Gasteiger partial charge >= 0.3 is 6.18 Å². The van der Waals surface area contributed by atoms with Crippen LogP contribution >= 0.6 is 0 Å². The van der Waals surface area contributed by atoms with E-state index in [1.165, 1.54) is 18.3 Å². The molecule has 1 aliphatic rings. The molecule has 10 heteroatoms. The summed E-state index contributed by atoms with van der Waals surface area (Å²) in [6.07, 6.45) is -3.49. The maximum Gasteiger partial charge on any atom is 0.424 e. The molecule has 7 nitrogen and oxygen atoms in total. The molecule has 0 saturated heterocycles. The molecule has 0 aliphatic carbocycles. The normalized spacial score (nSPS) is 24.1. The molecule has 0 radical (unpaired) electrons. The highest BCUT2D eigenvalue weighted by Gasteiger charge is 2.59. The minimum Gasteiger partial charge on any atom is -0.385 e. The van der Waals surface area contributed by atoms with E-state index in [0.717, 1.165) is 6.92 Å². The van der Waals surface area contributed by atoms with E-state index in [4.69, 9.17) is 15.7 Å². The highest BCUT2D eigenvalue weighted by atomic mass is 19.4. The van der Waals surface area contributed by atoms with E-state index in [9.17, 15) is 18.0 Å². The van der Waals surface area contributed by atoms with Gasteiger partial charge in [-0.1, -0.05) is 6.07 Å². The summed E-state index contributed by atoms with van der Waals surface area (Å²) < 4.78 is 45.0. The standard InChI is InChI=1S/C20H18F3N5O2/c1-18(11-30-19(2,17(25)28-18)20(21,22)23)16-5-3-4-13(27-16)8-15(29)14-7-6-12(9-24)10-26-14/h3-7,10H,8,11H2,1-2H3,(H2,25,28)/t18-,19-/m1/s1. The molecule has 0 bridgehead atoms. The Balaban J connectivity index is 1.85. The van der Waals surface area contributed by atoms with Gasteiger partial charge in [-0.2, -0.15) is 18.4 Å². The van der Waals surface area contributed by atoms with Crippen LogP contribution in [0.4, 0.5) is 13.2 Å². The first-order valence-electron chi connectivity index (χ1n) is 8.91. The molecule has 3 rings (SSSR count). The number of hydrogen-bond donors (Lipinski definition) is 1. The van der Waals surface area contributed by atoms with E-state index in [0.29, 0.717) is 17.0 Å². The monoisotopic (exact) mass is 417 g/mol. The van der Waals surface area contributed by atoms with Crippen LogP contribution in [-0.2, 0) is 16.7 Å². The summed E-state index contributed by atoms with van der Waals surface area (Å²) in [4.78, 5) is 24.8. The van der Waals surface area contributed by atoms with Crippen LogP contribution in [0.2, 0.25) is 0 Å². The maximum absolute atomic E-state index is 13.3. The van der Waals surface area contributed by atoms with Crippen LogP contribution in [0.5, 0.6) is 0 Å². The van der Waals surface area contributed by atoms with Gasteiger partial charge in [0.25, 0.3) is 0 Å². The first-order valence-corrected chi connectivity index (χ1v) is 8.91. The Morgan fingerprint density at radius 2 is 2.03 bits per heavy atom. The predicted octanol–water partition coefficient (Wildman–Crippen LogP) is 2.70. The van der Waals surface area contributed by atoms with Crippen molar-refractivity contribution in [3.05, 3.63) is 59.2 Å². The number of nitrogens with zero attached hydrogens (tertiary/aromatic N) is 4. The molecular formula is C20H18F3N5O2. The third-order valence-corrected chi connectivity index (χ3v) is 4.92. The van der Waals surface area contributed by atoms with Crippen molar-refractivity contribution in [1.29, 1.82) is 5.26 Å². The lowest BCUT2D eigenvalue weighted by Crippen LogP contribution is -2.60. The highest BCUT2D eigenvalue weighted by molar-refractivity contribution is 5.95. The van der Waals surface area contributed by atoms with E-state index in [1.807, 2.05) is 6.07 Å². The van der Waals surface area contributed by atoms with Crippen LogP contribution in [0.3, 0.4) is 0 Å². The molecule has 0 amide bonds. The third-order valence-electron chi connectivity index (χ3n) is 4.92. The number of carbonyl (C=O) groups is 1. The van der Waals surface area contributed by atoms with Crippen LogP contribution in [0.15, 0.2) is 41.5 Å². The van der Waals surface area contributed by atoms with Crippen LogP contribution in [0, 0.1) is 11.3 Å². The number of halogens is 3. The lowest BCUT2D eigenvalue weighted by molar-refractivity contribution is -0.249. The second-order valence-electron chi connectivity index (χ2n) is 7.25. The van der Waals surface area contributed by atoms with E-state index in [1.54, 1.807) is 25.1 Å². The zero-order chi connectivity index (χ0) is 22.2. The van der Waals surface area contributed by atoms with Gasteiger partial charge in [-0.25, -0.2) is 0 Å². The van der Waals surface area contributed by atoms with Gasteiger partial charge in [0.05, 0.1) is 24.3 Å². The molecule has 0 aromatic carbocycles. The summed E-state index contributed by atoms with van der Waals surface area (Å²) in [6, 6.07) is 9.69. The Morgan fingerprint density at radius 3 is 2.60 bits per heavy atom. The average Bonchev–Trinajstić information content (AvgIpc) is 2.70. The van der Waals surface area contributed by atoms with Gasteiger partial charge in [-0.3, -0.25) is 19.8 Å². The fourth-order valence-corrected chi connectivity index (χ4v) is 2.88.